The van der Waals surface area contributed by atoms with Gasteiger partial charge in [-0.2, -0.15) is 0 Å². The molecule has 0 rings (SSSR count). The lowest BCUT2D eigenvalue weighted by atomic mass is 10.1. The van der Waals surface area contributed by atoms with Gasteiger partial charge in [-0.1, -0.05) is 12.8 Å². The van der Waals surface area contributed by atoms with Gasteiger partial charge in [0.05, 0.1) is 0 Å². The van der Waals surface area contributed by atoms with Gasteiger partial charge in [0.15, 0.2) is 5.96 Å². The maximum Gasteiger partial charge on any atom is 0.353 e. The summed E-state index contributed by atoms with van der Waals surface area (Å²) in [6.07, 6.45) is 1.51. The first kappa shape index (κ1) is 16.2. The maximum absolute atomic E-state index is 11.1. The van der Waals surface area contributed by atoms with E-state index in [2.05, 4.69) is 4.99 Å². The van der Waals surface area contributed by atoms with Crippen LogP contribution in [-0.4, -0.2) is 40.8 Å². The summed E-state index contributed by atoms with van der Waals surface area (Å²) in [6, 6.07) is 0. The zero-order valence-corrected chi connectivity index (χ0v) is 10.1. The summed E-state index contributed by atoms with van der Waals surface area (Å²) in [5, 5.41) is 19.2. The number of rotatable bonds is 9. The predicted molar refractivity (Wildman–Crippen MR) is 65.5 cm³/mol. The van der Waals surface area contributed by atoms with E-state index >= 15 is 0 Å². The molecule has 7 N–H and O–H groups in total. The fourth-order valence-electron chi connectivity index (χ4n) is 1.25. The number of aliphatic hydroxyl groups excluding tert-OH is 1. The topological polar surface area (TPSA) is 151 Å². The van der Waals surface area contributed by atoms with Gasteiger partial charge in [-0.15, -0.1) is 0 Å². The number of guanidine groups is 1. The third kappa shape index (κ3) is 9.40. The molecular formula is C10H20N4O4. The Labute approximate surface area is 105 Å². The molecule has 1 atom stereocenters. The quantitative estimate of drug-likeness (QED) is 0.151. The van der Waals surface area contributed by atoms with Gasteiger partial charge >= 0.3 is 5.97 Å². The summed E-state index contributed by atoms with van der Waals surface area (Å²) in [5.74, 6) is -1.88. The molecule has 104 valence electrons. The van der Waals surface area contributed by atoms with Gasteiger partial charge in [0, 0.05) is 13.0 Å². The number of nitrogens with two attached hydrogens (primary N) is 2. The Morgan fingerprint density at radius 2 is 1.78 bits per heavy atom. The molecule has 0 heterocycles. The molecule has 8 heteroatoms. The van der Waals surface area contributed by atoms with Gasteiger partial charge in [0.1, 0.15) is 0 Å². The number of nitrogens with one attached hydrogen (secondary N) is 1. The van der Waals surface area contributed by atoms with Crippen LogP contribution in [-0.2, 0) is 9.59 Å². The molecule has 0 radical (unpaired) electrons. The van der Waals surface area contributed by atoms with Crippen molar-refractivity contribution in [2.24, 2.45) is 16.5 Å². The van der Waals surface area contributed by atoms with E-state index in [0.717, 1.165) is 19.3 Å². The molecule has 0 saturated carbocycles. The Balaban J connectivity index is 3.46. The summed E-state index contributed by atoms with van der Waals surface area (Å²) >= 11 is 0. The largest absolute Gasteiger partial charge is 0.478 e. The van der Waals surface area contributed by atoms with Crippen LogP contribution in [0.25, 0.3) is 0 Å². The van der Waals surface area contributed by atoms with Crippen molar-refractivity contribution >= 4 is 17.8 Å². The van der Waals surface area contributed by atoms with E-state index in [4.69, 9.17) is 21.7 Å². The fourth-order valence-corrected chi connectivity index (χ4v) is 1.25. The van der Waals surface area contributed by atoms with Gasteiger partial charge < -0.3 is 27.0 Å². The molecule has 8 nitrogen and oxygen atoms in total. The third-order valence-electron chi connectivity index (χ3n) is 2.14. The number of aliphatic hydroxyl groups is 1. The van der Waals surface area contributed by atoms with Crippen LogP contribution < -0.4 is 16.8 Å². The number of carboxylic acids is 1. The van der Waals surface area contributed by atoms with Crippen molar-refractivity contribution in [2.75, 3.05) is 6.54 Å². The average Bonchev–Trinajstić information content (AvgIpc) is 2.27. The second-order valence-corrected chi connectivity index (χ2v) is 3.78. The molecule has 1 amide bonds. The van der Waals surface area contributed by atoms with Gasteiger partial charge in [-0.3, -0.25) is 9.79 Å². The first-order valence-electron chi connectivity index (χ1n) is 5.69. The molecule has 0 saturated heterocycles. The van der Waals surface area contributed by atoms with Crippen molar-refractivity contribution in [1.82, 2.24) is 5.32 Å². The van der Waals surface area contributed by atoms with Crippen molar-refractivity contribution in [3.8, 4) is 0 Å². The summed E-state index contributed by atoms with van der Waals surface area (Å²) < 4.78 is 0. The van der Waals surface area contributed by atoms with Crippen LogP contribution in [0.1, 0.15) is 32.1 Å². The molecule has 0 aromatic heterocycles. The number of nitrogens with zero attached hydrogens (tertiary/aromatic N) is 1. The van der Waals surface area contributed by atoms with Crippen LogP contribution in [0.3, 0.4) is 0 Å². The van der Waals surface area contributed by atoms with Crippen molar-refractivity contribution in [3.63, 3.8) is 0 Å². The lowest BCUT2D eigenvalue weighted by molar-refractivity contribution is -0.151. The number of aliphatic imine (C=N–C) groups is 1. The summed E-state index contributed by atoms with van der Waals surface area (Å²) in [6.45, 7) is 0.562. The minimum atomic E-state index is -1.83. The Kier molecular flexibility index (Phi) is 8.29. The second-order valence-electron chi connectivity index (χ2n) is 3.78. The van der Waals surface area contributed by atoms with E-state index in [1.165, 1.54) is 0 Å². The predicted octanol–water partition coefficient (Wildman–Crippen LogP) is -1.27. The molecule has 0 fully saturated rings. The normalized spacial score (nSPS) is 11.6. The lowest BCUT2D eigenvalue weighted by Gasteiger charge is -2.07. The molecule has 0 bridgehead atoms. The van der Waals surface area contributed by atoms with Crippen molar-refractivity contribution in [2.45, 2.75) is 38.3 Å². The SMILES string of the molecule is NC(N)=NCCCCCCC(=O)NC(O)C(=O)O. The zero-order valence-electron chi connectivity index (χ0n) is 10.1. The van der Waals surface area contributed by atoms with Crippen LogP contribution in [0.15, 0.2) is 4.99 Å². The summed E-state index contributed by atoms with van der Waals surface area (Å²) in [7, 11) is 0. The first-order valence-corrected chi connectivity index (χ1v) is 5.69. The second kappa shape index (κ2) is 9.23. The molecule has 0 aliphatic rings. The van der Waals surface area contributed by atoms with Crippen molar-refractivity contribution < 1.29 is 19.8 Å². The van der Waals surface area contributed by atoms with Crippen molar-refractivity contribution in [1.29, 1.82) is 0 Å². The highest BCUT2D eigenvalue weighted by Crippen LogP contribution is 2.03. The Hall–Kier alpha value is -1.83. The monoisotopic (exact) mass is 260 g/mol. The average molecular weight is 260 g/mol. The third-order valence-corrected chi connectivity index (χ3v) is 2.14. The number of amides is 1. The highest BCUT2D eigenvalue weighted by atomic mass is 16.4. The number of carboxylic acid groups (broad SMARTS) is 1. The number of aliphatic carboxylic acids is 1. The Morgan fingerprint density at radius 1 is 1.17 bits per heavy atom. The first-order chi connectivity index (χ1) is 8.43. The van der Waals surface area contributed by atoms with E-state index in [9.17, 15) is 9.59 Å². The van der Waals surface area contributed by atoms with Gasteiger partial charge in [0.25, 0.3) is 0 Å². The highest BCUT2D eigenvalue weighted by Gasteiger charge is 2.14. The lowest BCUT2D eigenvalue weighted by Crippen LogP contribution is -2.40. The minimum absolute atomic E-state index is 0.0667. The molecule has 1 unspecified atom stereocenters. The van der Waals surface area contributed by atoms with Crippen LogP contribution in [0, 0.1) is 0 Å². The summed E-state index contributed by atoms with van der Waals surface area (Å²) in [5.41, 5.74) is 10.3. The minimum Gasteiger partial charge on any atom is -0.478 e. The highest BCUT2D eigenvalue weighted by molar-refractivity contribution is 5.82. The van der Waals surface area contributed by atoms with E-state index in [1.807, 2.05) is 5.32 Å². The van der Waals surface area contributed by atoms with E-state index < -0.39 is 18.1 Å². The molecule has 0 aliphatic heterocycles. The molecule has 0 aromatic carbocycles. The van der Waals surface area contributed by atoms with Crippen LogP contribution >= 0.6 is 0 Å². The molecule has 0 aromatic rings. The molecule has 0 aliphatic carbocycles. The maximum atomic E-state index is 11.1. The van der Waals surface area contributed by atoms with E-state index in [1.54, 1.807) is 0 Å². The van der Waals surface area contributed by atoms with Gasteiger partial charge in [-0.25, -0.2) is 4.79 Å². The molecule has 18 heavy (non-hydrogen) atoms. The van der Waals surface area contributed by atoms with Crippen molar-refractivity contribution in [3.05, 3.63) is 0 Å². The smallest absolute Gasteiger partial charge is 0.353 e. The number of carbonyl (C=O) groups is 2. The number of unbranched alkanes of at least 4 members (excludes halogenated alkanes) is 3. The standard InChI is InChI=1S/C10H20N4O4/c11-10(12)13-6-4-2-1-3-5-7(15)14-8(16)9(17)18/h8,16H,1-6H2,(H,14,15)(H,17,18)(H4,11,12,13). The Morgan fingerprint density at radius 3 is 2.33 bits per heavy atom. The number of hydrogen-bond donors (Lipinski definition) is 5. The van der Waals surface area contributed by atoms with Crippen LogP contribution in [0.2, 0.25) is 0 Å². The molecular weight excluding hydrogens is 240 g/mol. The summed E-state index contributed by atoms with van der Waals surface area (Å²) in [4.78, 5) is 25.2. The molecule has 0 spiro atoms. The number of carbonyl (C=O) groups excluding carboxylic acids is 1. The zero-order chi connectivity index (χ0) is 14.0. The van der Waals surface area contributed by atoms with E-state index in [0.29, 0.717) is 13.0 Å². The van der Waals surface area contributed by atoms with Crippen LogP contribution in [0.4, 0.5) is 0 Å². The van der Waals surface area contributed by atoms with E-state index in [-0.39, 0.29) is 12.4 Å². The fraction of sp³-hybridized carbons (Fsp3) is 0.700. The number of hydrogen-bond acceptors (Lipinski definition) is 4. The Bertz CT molecular complexity index is 302. The van der Waals surface area contributed by atoms with Gasteiger partial charge in [-0.05, 0) is 12.8 Å². The van der Waals surface area contributed by atoms with Gasteiger partial charge in [0.2, 0.25) is 12.1 Å². The van der Waals surface area contributed by atoms with Crippen LogP contribution in [0.5, 0.6) is 0 Å².